The van der Waals surface area contributed by atoms with E-state index in [0.29, 0.717) is 11.7 Å². The number of benzene rings is 3. The molecule has 3 aromatic carbocycles. The summed E-state index contributed by atoms with van der Waals surface area (Å²) in [4.78, 5) is 16.9. The molecule has 3 aromatic rings. The Morgan fingerprint density at radius 2 is 1.63 bits per heavy atom. The van der Waals surface area contributed by atoms with Gasteiger partial charge in [-0.25, -0.2) is 4.79 Å². The van der Waals surface area contributed by atoms with Crippen LogP contribution < -0.4 is 19.3 Å². The molecule has 1 aliphatic heterocycles. The van der Waals surface area contributed by atoms with Crippen LogP contribution in [-0.2, 0) is 4.79 Å². The monoisotopic (exact) mass is 464 g/mol. The van der Waals surface area contributed by atoms with Crippen molar-refractivity contribution in [2.45, 2.75) is 12.8 Å². The van der Waals surface area contributed by atoms with Crippen molar-refractivity contribution in [3.05, 3.63) is 89.5 Å². The summed E-state index contributed by atoms with van der Waals surface area (Å²) in [6.07, 6.45) is 4.46. The number of piperazine rings is 1. The van der Waals surface area contributed by atoms with Crippen molar-refractivity contribution in [1.82, 2.24) is 0 Å². The lowest BCUT2D eigenvalue weighted by molar-refractivity contribution is -0.128. The first kappa shape index (κ1) is 22.6. The molecule has 1 fully saturated rings. The maximum absolute atomic E-state index is 12.1. The molecule has 5 heteroatoms. The van der Waals surface area contributed by atoms with Gasteiger partial charge in [0.25, 0.3) is 0 Å². The molecule has 176 valence electrons. The number of esters is 1. The van der Waals surface area contributed by atoms with Crippen molar-refractivity contribution in [3.8, 4) is 23.3 Å². The average Bonchev–Trinajstić information content (AvgIpc) is 3.29. The highest BCUT2D eigenvalue weighted by molar-refractivity contribution is 5.90. The Bertz CT molecular complexity index is 1300. The number of nitrogens with zero attached hydrogens (tertiary/aromatic N) is 2. The maximum Gasteiger partial charge on any atom is 0.390 e. The summed E-state index contributed by atoms with van der Waals surface area (Å²) in [7, 11) is 1.75. The van der Waals surface area contributed by atoms with Crippen LogP contribution in [0.5, 0.6) is 11.5 Å². The van der Waals surface area contributed by atoms with Gasteiger partial charge in [-0.2, -0.15) is 0 Å². The van der Waals surface area contributed by atoms with Crippen molar-refractivity contribution in [2.75, 3.05) is 43.1 Å². The van der Waals surface area contributed by atoms with E-state index in [-0.39, 0.29) is 0 Å². The molecule has 0 radical (unpaired) electrons. The highest BCUT2D eigenvalue weighted by Gasteiger charge is 2.27. The summed E-state index contributed by atoms with van der Waals surface area (Å²) >= 11 is 0. The molecule has 0 aromatic heterocycles. The normalized spacial score (nSPS) is 16.3. The van der Waals surface area contributed by atoms with Crippen LogP contribution in [-0.4, -0.2) is 39.3 Å². The minimum Gasteiger partial charge on any atom is -0.495 e. The summed E-state index contributed by atoms with van der Waals surface area (Å²) < 4.78 is 11.1. The second kappa shape index (κ2) is 9.99. The van der Waals surface area contributed by atoms with Gasteiger partial charge >= 0.3 is 5.97 Å². The molecule has 1 unspecified atom stereocenters. The fraction of sp³-hybridized carbons (Fsp3) is 0.233. The molecular formula is C30H28N2O3. The molecule has 0 N–H and O–H groups in total. The maximum atomic E-state index is 12.1. The van der Waals surface area contributed by atoms with E-state index >= 15 is 0 Å². The van der Waals surface area contributed by atoms with Gasteiger partial charge in [0.2, 0.25) is 0 Å². The van der Waals surface area contributed by atoms with Gasteiger partial charge in [0, 0.05) is 49.3 Å². The Hall–Kier alpha value is -4.17. The fourth-order valence-electron chi connectivity index (χ4n) is 4.75. The predicted molar refractivity (Wildman–Crippen MR) is 140 cm³/mol. The molecule has 0 bridgehead atoms. The Kier molecular flexibility index (Phi) is 6.45. The molecule has 1 atom stereocenters. The molecule has 1 saturated heterocycles. The second-order valence-corrected chi connectivity index (χ2v) is 8.74. The van der Waals surface area contributed by atoms with Gasteiger partial charge in [-0.1, -0.05) is 49.3 Å². The van der Waals surface area contributed by atoms with E-state index in [2.05, 4.69) is 52.8 Å². The molecule has 1 aliphatic carbocycles. The number of hydrogen-bond donors (Lipinski definition) is 0. The van der Waals surface area contributed by atoms with Gasteiger partial charge in [0.15, 0.2) is 0 Å². The molecule has 0 spiro atoms. The summed E-state index contributed by atoms with van der Waals surface area (Å²) in [5, 5.41) is 0. The SMILES string of the molecule is COc1ccc2c(c1N1CCN(c3ccc(OC(=O)C#Cc4ccccc4)cc3)CC1)C(C)C=C2. The molecule has 5 nitrogen and oxygen atoms in total. The highest BCUT2D eigenvalue weighted by Crippen LogP contribution is 2.43. The van der Waals surface area contributed by atoms with E-state index in [4.69, 9.17) is 9.47 Å². The lowest BCUT2D eigenvalue weighted by Gasteiger charge is -2.39. The van der Waals surface area contributed by atoms with Gasteiger partial charge in [0.05, 0.1) is 12.8 Å². The smallest absolute Gasteiger partial charge is 0.390 e. The van der Waals surface area contributed by atoms with E-state index in [1.54, 1.807) is 7.11 Å². The van der Waals surface area contributed by atoms with E-state index in [0.717, 1.165) is 43.2 Å². The summed E-state index contributed by atoms with van der Waals surface area (Å²) in [5.74, 6) is 6.61. The summed E-state index contributed by atoms with van der Waals surface area (Å²) in [5.41, 5.74) is 5.76. The zero-order valence-electron chi connectivity index (χ0n) is 20.0. The predicted octanol–water partition coefficient (Wildman–Crippen LogP) is 5.11. The molecule has 35 heavy (non-hydrogen) atoms. The van der Waals surface area contributed by atoms with E-state index < -0.39 is 5.97 Å². The van der Waals surface area contributed by atoms with Crippen LogP contribution in [0.25, 0.3) is 6.08 Å². The standard InChI is InChI=1S/C30H28N2O3/c1-22-8-10-24-11-16-27(34-2)30(29(22)24)32-20-18-31(19-21-32)25-12-14-26(15-13-25)35-28(33)17-9-23-6-4-3-5-7-23/h3-8,10-16,22H,18-21H2,1-2H3. The molecule has 2 aliphatic rings. The zero-order valence-corrected chi connectivity index (χ0v) is 20.0. The molecule has 0 saturated carbocycles. The highest BCUT2D eigenvalue weighted by atomic mass is 16.5. The first-order valence-electron chi connectivity index (χ1n) is 11.9. The fourth-order valence-corrected chi connectivity index (χ4v) is 4.75. The van der Waals surface area contributed by atoms with Gasteiger partial charge < -0.3 is 19.3 Å². The van der Waals surface area contributed by atoms with Crippen molar-refractivity contribution in [1.29, 1.82) is 0 Å². The van der Waals surface area contributed by atoms with Crippen LogP contribution in [0.4, 0.5) is 11.4 Å². The topological polar surface area (TPSA) is 42.0 Å². The number of ether oxygens (including phenoxy) is 2. The first-order chi connectivity index (χ1) is 17.1. The van der Waals surface area contributed by atoms with Crippen molar-refractivity contribution < 1.29 is 14.3 Å². The first-order valence-corrected chi connectivity index (χ1v) is 11.9. The Labute approximate surface area is 206 Å². The van der Waals surface area contributed by atoms with Gasteiger partial charge in [-0.15, -0.1) is 0 Å². The number of methoxy groups -OCH3 is 1. The van der Waals surface area contributed by atoms with Gasteiger partial charge in [-0.05, 0) is 53.6 Å². The molecule has 1 heterocycles. The van der Waals surface area contributed by atoms with E-state index in [1.165, 1.54) is 16.8 Å². The quantitative estimate of drug-likeness (QED) is 0.305. The number of carbonyl (C=O) groups is 1. The number of hydrogen-bond acceptors (Lipinski definition) is 5. The Morgan fingerprint density at radius 3 is 2.34 bits per heavy atom. The average molecular weight is 465 g/mol. The van der Waals surface area contributed by atoms with E-state index in [9.17, 15) is 4.79 Å². The zero-order chi connectivity index (χ0) is 24.2. The van der Waals surface area contributed by atoms with Gasteiger partial charge in [0.1, 0.15) is 11.5 Å². The van der Waals surface area contributed by atoms with Crippen LogP contribution in [0.1, 0.15) is 29.5 Å². The Morgan fingerprint density at radius 1 is 0.914 bits per heavy atom. The molecule has 5 rings (SSSR count). The van der Waals surface area contributed by atoms with Crippen LogP contribution in [0.15, 0.2) is 72.8 Å². The van der Waals surface area contributed by atoms with Crippen LogP contribution in [0.3, 0.4) is 0 Å². The van der Waals surface area contributed by atoms with Gasteiger partial charge in [-0.3, -0.25) is 0 Å². The number of carbonyl (C=O) groups excluding carboxylic acids is 1. The van der Waals surface area contributed by atoms with Crippen molar-refractivity contribution >= 4 is 23.4 Å². The lowest BCUT2D eigenvalue weighted by Crippen LogP contribution is -2.47. The van der Waals surface area contributed by atoms with Crippen LogP contribution >= 0.6 is 0 Å². The van der Waals surface area contributed by atoms with Crippen molar-refractivity contribution in [3.63, 3.8) is 0 Å². The largest absolute Gasteiger partial charge is 0.495 e. The number of allylic oxidation sites excluding steroid dienone is 1. The third-order valence-corrected chi connectivity index (χ3v) is 6.54. The molecule has 0 amide bonds. The summed E-state index contributed by atoms with van der Waals surface area (Å²) in [6, 6.07) is 21.2. The second-order valence-electron chi connectivity index (χ2n) is 8.74. The third-order valence-electron chi connectivity index (χ3n) is 6.54. The number of anilines is 2. The van der Waals surface area contributed by atoms with Crippen molar-refractivity contribution in [2.24, 2.45) is 0 Å². The lowest BCUT2D eigenvalue weighted by atomic mass is 9.98. The third kappa shape index (κ3) is 4.88. The number of rotatable bonds is 4. The number of fused-ring (bicyclic) bond motifs is 1. The van der Waals surface area contributed by atoms with Crippen LogP contribution in [0.2, 0.25) is 0 Å². The van der Waals surface area contributed by atoms with Crippen LogP contribution in [0, 0.1) is 11.8 Å². The Balaban J connectivity index is 1.21. The molecular weight excluding hydrogens is 436 g/mol. The minimum absolute atomic E-state index is 0.390. The minimum atomic E-state index is -0.566. The van der Waals surface area contributed by atoms with E-state index in [1.807, 2.05) is 54.6 Å². The summed E-state index contributed by atoms with van der Waals surface area (Å²) in [6.45, 7) is 5.85.